The number of aliphatic carboxylic acids is 1. The van der Waals surface area contributed by atoms with Crippen molar-refractivity contribution in [2.75, 3.05) is 19.6 Å². The number of hydrogen-bond acceptors (Lipinski definition) is 3. The number of rotatable bonds is 7. The number of nitrogens with two attached hydrogens (primary N) is 1. The number of piperidine rings is 1. The minimum atomic E-state index is -0.743. The molecule has 3 atom stereocenters. The molecule has 0 aliphatic carbocycles. The Morgan fingerprint density at radius 2 is 1.93 bits per heavy atom. The number of carboxylic acids is 1. The first kappa shape index (κ1) is 20.1. The zero-order valence-electron chi connectivity index (χ0n) is 16.3. The topological polar surface area (TPSA) is 83.6 Å². The quantitative estimate of drug-likeness (QED) is 0.773. The maximum absolute atomic E-state index is 11.8. The minimum absolute atomic E-state index is 0.355. The third-order valence-electron chi connectivity index (χ3n) is 5.74. The second-order valence-corrected chi connectivity index (χ2v) is 7.85. The van der Waals surface area contributed by atoms with Gasteiger partial charge in [0.15, 0.2) is 0 Å². The molecular weight excluding hydrogens is 352 g/mol. The van der Waals surface area contributed by atoms with E-state index in [1.807, 2.05) is 42.5 Å². The van der Waals surface area contributed by atoms with Crippen molar-refractivity contribution in [3.63, 3.8) is 0 Å². The maximum atomic E-state index is 11.8. The molecule has 28 heavy (non-hydrogen) atoms. The molecule has 1 saturated heterocycles. The molecule has 2 aromatic rings. The molecule has 3 unspecified atom stereocenters. The molecule has 1 fully saturated rings. The van der Waals surface area contributed by atoms with Crippen molar-refractivity contribution < 1.29 is 14.7 Å². The van der Waals surface area contributed by atoms with Crippen LogP contribution in [0.3, 0.4) is 0 Å². The molecule has 5 heteroatoms. The molecule has 1 amide bonds. The fraction of sp³-hybridized carbons (Fsp3) is 0.391. The van der Waals surface area contributed by atoms with Gasteiger partial charge in [-0.2, -0.15) is 0 Å². The first-order valence-corrected chi connectivity index (χ1v) is 9.83. The van der Waals surface area contributed by atoms with E-state index in [0.29, 0.717) is 30.4 Å². The van der Waals surface area contributed by atoms with Crippen LogP contribution in [-0.4, -0.2) is 41.5 Å². The van der Waals surface area contributed by atoms with Crippen LogP contribution in [0.2, 0.25) is 0 Å². The van der Waals surface area contributed by atoms with Gasteiger partial charge in [0, 0.05) is 18.7 Å². The highest BCUT2D eigenvalue weighted by Gasteiger charge is 2.30. The number of benzene rings is 2. The number of hydrogen-bond donors (Lipinski definition) is 2. The number of nitrogens with zero attached hydrogens (tertiary/aromatic N) is 1. The van der Waals surface area contributed by atoms with Crippen LogP contribution in [0.4, 0.5) is 0 Å². The second kappa shape index (κ2) is 9.02. The van der Waals surface area contributed by atoms with Crippen molar-refractivity contribution in [2.45, 2.75) is 25.7 Å². The van der Waals surface area contributed by atoms with E-state index in [4.69, 9.17) is 5.73 Å². The summed E-state index contributed by atoms with van der Waals surface area (Å²) in [6.07, 6.45) is 1.49. The van der Waals surface area contributed by atoms with Crippen LogP contribution in [0.25, 0.3) is 0 Å². The van der Waals surface area contributed by atoms with Crippen molar-refractivity contribution in [1.82, 2.24) is 4.90 Å². The molecule has 1 aliphatic heterocycles. The first-order valence-electron chi connectivity index (χ1n) is 9.83. The fourth-order valence-corrected chi connectivity index (χ4v) is 4.26. The van der Waals surface area contributed by atoms with Gasteiger partial charge in [-0.05, 0) is 54.5 Å². The Hall–Kier alpha value is -2.66. The van der Waals surface area contributed by atoms with Gasteiger partial charge in [0.2, 0.25) is 5.91 Å². The summed E-state index contributed by atoms with van der Waals surface area (Å²) in [6, 6.07) is 17.4. The average molecular weight is 380 g/mol. The molecule has 5 nitrogen and oxygen atoms in total. The van der Waals surface area contributed by atoms with Crippen LogP contribution in [0.1, 0.15) is 40.7 Å². The third-order valence-corrected chi connectivity index (χ3v) is 5.74. The Balaban J connectivity index is 1.63. The lowest BCUT2D eigenvalue weighted by Crippen LogP contribution is -2.42. The van der Waals surface area contributed by atoms with Gasteiger partial charge in [-0.3, -0.25) is 9.59 Å². The molecule has 3 rings (SSSR count). The number of carbonyl (C=O) groups is 2. The molecule has 2 aromatic carbocycles. The van der Waals surface area contributed by atoms with Gasteiger partial charge >= 0.3 is 5.97 Å². The molecule has 3 N–H and O–H groups in total. The van der Waals surface area contributed by atoms with Crippen molar-refractivity contribution >= 4 is 11.9 Å². The molecular formula is C23H28N2O3. The van der Waals surface area contributed by atoms with Crippen molar-refractivity contribution in [2.24, 2.45) is 17.6 Å². The number of primary amides is 1. The van der Waals surface area contributed by atoms with E-state index in [-0.39, 0.29) is 0 Å². The Kier molecular flexibility index (Phi) is 6.47. The lowest BCUT2D eigenvalue weighted by Gasteiger charge is -2.38. The average Bonchev–Trinajstić information content (AvgIpc) is 2.68. The van der Waals surface area contributed by atoms with E-state index < -0.39 is 17.8 Å². The minimum Gasteiger partial charge on any atom is -0.481 e. The Labute approximate surface area is 166 Å². The highest BCUT2D eigenvalue weighted by molar-refractivity contribution is 5.92. The van der Waals surface area contributed by atoms with Crippen LogP contribution in [0.15, 0.2) is 54.6 Å². The van der Waals surface area contributed by atoms with Crippen LogP contribution < -0.4 is 5.73 Å². The predicted octanol–water partition coefficient (Wildman–Crippen LogP) is 3.15. The van der Waals surface area contributed by atoms with Crippen LogP contribution in [0, 0.1) is 11.8 Å². The van der Waals surface area contributed by atoms with Crippen molar-refractivity contribution in [1.29, 1.82) is 0 Å². The van der Waals surface area contributed by atoms with E-state index in [2.05, 4.69) is 17.9 Å². The molecule has 0 spiro atoms. The summed E-state index contributed by atoms with van der Waals surface area (Å²) in [5.41, 5.74) is 8.15. The van der Waals surface area contributed by atoms with Gasteiger partial charge < -0.3 is 15.7 Å². The van der Waals surface area contributed by atoms with E-state index in [9.17, 15) is 14.7 Å². The summed E-state index contributed by atoms with van der Waals surface area (Å²) in [5, 5.41) is 9.67. The van der Waals surface area contributed by atoms with Crippen LogP contribution >= 0.6 is 0 Å². The molecule has 0 radical (unpaired) electrons. The zero-order valence-corrected chi connectivity index (χ0v) is 16.3. The van der Waals surface area contributed by atoms with Crippen LogP contribution in [-0.2, 0) is 11.2 Å². The molecule has 1 aliphatic rings. The van der Waals surface area contributed by atoms with E-state index in [1.54, 1.807) is 6.07 Å². The van der Waals surface area contributed by atoms with E-state index in [0.717, 1.165) is 30.6 Å². The highest BCUT2D eigenvalue weighted by Crippen LogP contribution is 2.33. The monoisotopic (exact) mass is 380 g/mol. The SMILES string of the molecule is CC1CN(CC(Cc2ccccc2)C(=O)O)CCC1c1cccc(C(N)=O)c1. The second-order valence-electron chi connectivity index (χ2n) is 7.85. The standard InChI is InChI=1S/C23H28N2O3/c1-16-14-25(15-20(23(27)28)12-17-6-3-2-4-7-17)11-10-21(16)18-8-5-9-19(13-18)22(24)26/h2-9,13,16,20-21H,10-12,14-15H2,1H3,(H2,24,26)(H,27,28). The molecule has 1 heterocycles. The normalized spacial score (nSPS) is 21.2. The lowest BCUT2D eigenvalue weighted by molar-refractivity contribution is -0.142. The van der Waals surface area contributed by atoms with E-state index in [1.165, 1.54) is 0 Å². The smallest absolute Gasteiger partial charge is 0.308 e. The summed E-state index contributed by atoms with van der Waals surface area (Å²) in [4.78, 5) is 25.5. The van der Waals surface area contributed by atoms with Crippen molar-refractivity contribution in [3.8, 4) is 0 Å². The number of amides is 1. The largest absolute Gasteiger partial charge is 0.481 e. The van der Waals surface area contributed by atoms with Gasteiger partial charge in [0.05, 0.1) is 5.92 Å². The van der Waals surface area contributed by atoms with Gasteiger partial charge in [-0.15, -0.1) is 0 Å². The lowest BCUT2D eigenvalue weighted by atomic mass is 9.80. The van der Waals surface area contributed by atoms with Gasteiger partial charge in [0.1, 0.15) is 0 Å². The fourth-order valence-electron chi connectivity index (χ4n) is 4.26. The maximum Gasteiger partial charge on any atom is 0.308 e. The Morgan fingerprint density at radius 3 is 2.57 bits per heavy atom. The van der Waals surface area contributed by atoms with Gasteiger partial charge in [-0.25, -0.2) is 0 Å². The third kappa shape index (κ3) is 4.98. The molecule has 0 saturated carbocycles. The molecule has 0 bridgehead atoms. The number of carbonyl (C=O) groups excluding carboxylic acids is 1. The summed E-state index contributed by atoms with van der Waals surface area (Å²) >= 11 is 0. The van der Waals surface area contributed by atoms with Crippen molar-refractivity contribution in [3.05, 3.63) is 71.3 Å². The predicted molar refractivity (Wildman–Crippen MR) is 109 cm³/mol. The highest BCUT2D eigenvalue weighted by atomic mass is 16.4. The van der Waals surface area contributed by atoms with Gasteiger partial charge in [0.25, 0.3) is 0 Å². The number of likely N-dealkylation sites (tertiary alicyclic amines) is 1. The number of carboxylic acid groups (broad SMARTS) is 1. The van der Waals surface area contributed by atoms with Crippen LogP contribution in [0.5, 0.6) is 0 Å². The molecule has 148 valence electrons. The summed E-state index contributed by atoms with van der Waals surface area (Å²) in [6.45, 7) is 4.46. The first-order chi connectivity index (χ1) is 13.4. The summed E-state index contributed by atoms with van der Waals surface area (Å²) in [5.74, 6) is -0.828. The molecule has 0 aromatic heterocycles. The Bertz CT molecular complexity index is 822. The Morgan fingerprint density at radius 1 is 1.18 bits per heavy atom. The summed E-state index contributed by atoms with van der Waals surface area (Å²) < 4.78 is 0. The van der Waals surface area contributed by atoms with E-state index >= 15 is 0 Å². The zero-order chi connectivity index (χ0) is 20.1. The summed E-state index contributed by atoms with van der Waals surface area (Å²) in [7, 11) is 0. The van der Waals surface area contributed by atoms with Gasteiger partial charge in [-0.1, -0.05) is 49.4 Å².